The number of rotatable bonds is 4. The Hall–Kier alpha value is -2.36. The Kier molecular flexibility index (Phi) is 5.89. The predicted octanol–water partition coefficient (Wildman–Crippen LogP) is 3.33. The van der Waals surface area contributed by atoms with E-state index < -0.39 is 17.2 Å². The minimum absolute atomic E-state index is 0.0309. The average Bonchev–Trinajstić information content (AvgIpc) is 3.10. The standard InChI is InChI=1S/C19H18ClF2N5OS/c20-18-17(9-24-27(19(18)28)16-3-2-13(21)8-15(16)22)26-5-1-4-25(6-7-26)10-14-11-29-12-23-14/h2-3,8-9,11-12H,1,4-7,10H2. The fourth-order valence-electron chi connectivity index (χ4n) is 3.38. The molecule has 4 rings (SSSR count). The number of benzene rings is 1. The van der Waals surface area contributed by atoms with Gasteiger partial charge in [0.15, 0.2) is 5.82 Å². The Bertz CT molecular complexity index is 1060. The van der Waals surface area contributed by atoms with Gasteiger partial charge in [-0.1, -0.05) is 11.6 Å². The van der Waals surface area contributed by atoms with E-state index in [2.05, 4.69) is 15.0 Å². The van der Waals surface area contributed by atoms with Gasteiger partial charge in [0.1, 0.15) is 16.5 Å². The maximum absolute atomic E-state index is 14.1. The molecule has 0 bridgehead atoms. The van der Waals surface area contributed by atoms with Gasteiger partial charge in [-0.15, -0.1) is 11.3 Å². The fraction of sp³-hybridized carbons (Fsp3) is 0.316. The molecule has 0 N–H and O–H groups in total. The Morgan fingerprint density at radius 2 is 2.00 bits per heavy atom. The van der Waals surface area contributed by atoms with Crippen molar-refractivity contribution < 1.29 is 8.78 Å². The topological polar surface area (TPSA) is 54.3 Å². The fourth-order valence-corrected chi connectivity index (χ4v) is 4.18. The smallest absolute Gasteiger partial charge is 0.292 e. The van der Waals surface area contributed by atoms with Crippen LogP contribution in [0.2, 0.25) is 5.02 Å². The first-order valence-electron chi connectivity index (χ1n) is 9.10. The van der Waals surface area contributed by atoms with E-state index in [1.165, 1.54) is 6.20 Å². The van der Waals surface area contributed by atoms with Crippen LogP contribution in [0.4, 0.5) is 14.5 Å². The number of halogens is 3. The molecule has 2 aromatic heterocycles. The lowest BCUT2D eigenvalue weighted by Crippen LogP contribution is -2.33. The molecular weight excluding hydrogens is 420 g/mol. The highest BCUT2D eigenvalue weighted by atomic mass is 35.5. The lowest BCUT2D eigenvalue weighted by atomic mass is 10.3. The molecule has 0 spiro atoms. The summed E-state index contributed by atoms with van der Waals surface area (Å²) in [5.74, 6) is -1.61. The molecule has 0 saturated carbocycles. The maximum Gasteiger partial charge on any atom is 0.292 e. The third-order valence-corrected chi connectivity index (χ3v) is 5.83. The van der Waals surface area contributed by atoms with Crippen molar-refractivity contribution >= 4 is 28.6 Å². The maximum atomic E-state index is 14.1. The van der Waals surface area contributed by atoms with Crippen LogP contribution in [0.15, 0.2) is 40.1 Å². The van der Waals surface area contributed by atoms with Crippen LogP contribution in [0.5, 0.6) is 0 Å². The first-order valence-corrected chi connectivity index (χ1v) is 10.4. The summed E-state index contributed by atoms with van der Waals surface area (Å²) in [6.45, 7) is 3.90. The second kappa shape index (κ2) is 8.56. The molecule has 1 aliphatic rings. The molecule has 29 heavy (non-hydrogen) atoms. The van der Waals surface area contributed by atoms with Crippen LogP contribution in [0.3, 0.4) is 0 Å². The van der Waals surface area contributed by atoms with Crippen LogP contribution in [0.1, 0.15) is 12.1 Å². The third-order valence-electron chi connectivity index (χ3n) is 4.84. The van der Waals surface area contributed by atoms with Crippen molar-refractivity contribution in [3.63, 3.8) is 0 Å². The van der Waals surface area contributed by atoms with E-state index in [0.29, 0.717) is 18.3 Å². The molecule has 1 aromatic carbocycles. The highest BCUT2D eigenvalue weighted by molar-refractivity contribution is 7.07. The van der Waals surface area contributed by atoms with Crippen molar-refractivity contribution in [3.8, 4) is 5.69 Å². The van der Waals surface area contributed by atoms with Crippen LogP contribution < -0.4 is 10.5 Å². The van der Waals surface area contributed by atoms with Gasteiger partial charge >= 0.3 is 0 Å². The summed E-state index contributed by atoms with van der Waals surface area (Å²) in [5.41, 5.74) is 2.61. The molecule has 1 fully saturated rings. The molecule has 6 nitrogen and oxygen atoms in total. The summed E-state index contributed by atoms with van der Waals surface area (Å²) in [4.78, 5) is 21.4. The first kappa shape index (κ1) is 19.9. The molecule has 3 aromatic rings. The quantitative estimate of drug-likeness (QED) is 0.626. The summed E-state index contributed by atoms with van der Waals surface area (Å²) < 4.78 is 28.1. The van der Waals surface area contributed by atoms with Crippen LogP contribution in [0.25, 0.3) is 5.69 Å². The number of aromatic nitrogens is 3. The van der Waals surface area contributed by atoms with E-state index in [1.807, 2.05) is 15.8 Å². The van der Waals surface area contributed by atoms with E-state index in [9.17, 15) is 13.6 Å². The van der Waals surface area contributed by atoms with Crippen molar-refractivity contribution in [3.05, 3.63) is 68.0 Å². The number of nitrogens with zero attached hydrogens (tertiary/aromatic N) is 5. The zero-order chi connectivity index (χ0) is 20.4. The molecule has 0 atom stereocenters. The van der Waals surface area contributed by atoms with E-state index in [-0.39, 0.29) is 10.7 Å². The van der Waals surface area contributed by atoms with Crippen molar-refractivity contribution in [1.29, 1.82) is 0 Å². The third kappa shape index (κ3) is 4.31. The lowest BCUT2D eigenvalue weighted by molar-refractivity contribution is 0.282. The van der Waals surface area contributed by atoms with Crippen molar-refractivity contribution in [2.24, 2.45) is 0 Å². The van der Waals surface area contributed by atoms with Crippen molar-refractivity contribution in [1.82, 2.24) is 19.7 Å². The predicted molar refractivity (Wildman–Crippen MR) is 109 cm³/mol. The Labute approximate surface area is 175 Å². The highest BCUT2D eigenvalue weighted by Gasteiger charge is 2.21. The van der Waals surface area contributed by atoms with E-state index in [4.69, 9.17) is 11.6 Å². The molecule has 10 heteroatoms. The van der Waals surface area contributed by atoms with Gasteiger partial charge in [0.2, 0.25) is 0 Å². The SMILES string of the molecule is O=c1c(Cl)c(N2CCCN(Cc3cscn3)CC2)cnn1-c1ccc(F)cc1F. The average molecular weight is 438 g/mol. The monoisotopic (exact) mass is 437 g/mol. The van der Waals surface area contributed by atoms with E-state index in [0.717, 1.165) is 55.1 Å². The first-order chi connectivity index (χ1) is 14.0. The van der Waals surface area contributed by atoms with Crippen molar-refractivity contribution in [2.75, 3.05) is 31.1 Å². The second-order valence-electron chi connectivity index (χ2n) is 6.75. The second-order valence-corrected chi connectivity index (χ2v) is 7.85. The molecule has 152 valence electrons. The van der Waals surface area contributed by atoms with Crippen LogP contribution in [-0.4, -0.2) is 45.8 Å². The number of anilines is 1. The number of hydrogen-bond acceptors (Lipinski definition) is 6. The Balaban J connectivity index is 1.54. The molecule has 1 saturated heterocycles. The minimum atomic E-state index is -0.879. The number of thiazole rings is 1. The van der Waals surface area contributed by atoms with Gasteiger partial charge < -0.3 is 4.90 Å². The molecule has 0 amide bonds. The van der Waals surface area contributed by atoms with Gasteiger partial charge in [-0.2, -0.15) is 9.78 Å². The molecule has 0 aliphatic carbocycles. The summed E-state index contributed by atoms with van der Waals surface area (Å²) in [6, 6.07) is 2.94. The van der Waals surface area contributed by atoms with Gasteiger partial charge in [0, 0.05) is 44.2 Å². The van der Waals surface area contributed by atoms with Crippen LogP contribution >= 0.6 is 22.9 Å². The van der Waals surface area contributed by atoms with Gasteiger partial charge in [-0.3, -0.25) is 9.69 Å². The van der Waals surface area contributed by atoms with E-state index >= 15 is 0 Å². The largest absolute Gasteiger partial charge is 0.368 e. The molecule has 0 unspecified atom stereocenters. The molecule has 0 radical (unpaired) electrons. The van der Waals surface area contributed by atoms with Gasteiger partial charge in [-0.05, 0) is 18.6 Å². The zero-order valence-corrected chi connectivity index (χ0v) is 17.0. The van der Waals surface area contributed by atoms with Crippen molar-refractivity contribution in [2.45, 2.75) is 13.0 Å². The summed E-state index contributed by atoms with van der Waals surface area (Å²) >= 11 is 7.91. The van der Waals surface area contributed by atoms with Gasteiger partial charge in [0.25, 0.3) is 5.56 Å². The molecule has 1 aliphatic heterocycles. The summed E-state index contributed by atoms with van der Waals surface area (Å²) in [7, 11) is 0. The van der Waals surface area contributed by atoms with Gasteiger partial charge in [-0.25, -0.2) is 13.8 Å². The Morgan fingerprint density at radius 1 is 1.14 bits per heavy atom. The zero-order valence-electron chi connectivity index (χ0n) is 15.4. The molecular formula is C19H18ClF2N5OS. The van der Waals surface area contributed by atoms with E-state index in [1.54, 1.807) is 11.3 Å². The Morgan fingerprint density at radius 3 is 2.76 bits per heavy atom. The normalized spacial score (nSPS) is 15.5. The minimum Gasteiger partial charge on any atom is -0.368 e. The number of hydrogen-bond donors (Lipinski definition) is 0. The summed E-state index contributed by atoms with van der Waals surface area (Å²) in [5, 5.41) is 6.09. The van der Waals surface area contributed by atoms with Gasteiger partial charge in [0.05, 0.1) is 23.1 Å². The summed E-state index contributed by atoms with van der Waals surface area (Å²) in [6.07, 6.45) is 2.36. The van der Waals surface area contributed by atoms with Crippen LogP contribution in [-0.2, 0) is 6.54 Å². The molecule has 3 heterocycles. The highest BCUT2D eigenvalue weighted by Crippen LogP contribution is 2.24. The lowest BCUT2D eigenvalue weighted by Gasteiger charge is -2.24. The van der Waals surface area contributed by atoms with Crippen LogP contribution in [0, 0.1) is 11.6 Å².